The number of benzene rings is 1. The van der Waals surface area contributed by atoms with Crippen molar-refractivity contribution in [2.75, 3.05) is 11.9 Å². The van der Waals surface area contributed by atoms with Gasteiger partial charge in [0, 0.05) is 5.69 Å². The number of ether oxygens (including phenoxy) is 1. The lowest BCUT2D eigenvalue weighted by Gasteiger charge is -2.06. The van der Waals surface area contributed by atoms with Crippen molar-refractivity contribution in [3.05, 3.63) is 28.2 Å². The van der Waals surface area contributed by atoms with Crippen LogP contribution in [-0.2, 0) is 9.53 Å². The van der Waals surface area contributed by atoms with Crippen LogP contribution >= 0.6 is 23.2 Å². The molecule has 0 aliphatic heterocycles. The average molecular weight is 262 g/mol. The lowest BCUT2D eigenvalue weighted by atomic mass is 10.3. The Balaban J connectivity index is 2.56. The monoisotopic (exact) mass is 261 g/mol. The Bertz CT molecular complexity index is 421. The minimum atomic E-state index is -0.714. The summed E-state index contributed by atoms with van der Waals surface area (Å²) < 4.78 is 4.60. The minimum Gasteiger partial charge on any atom is -0.441 e. The molecule has 0 atom stereocenters. The Labute approximate surface area is 102 Å². The van der Waals surface area contributed by atoms with Gasteiger partial charge in [0.05, 0.1) is 10.0 Å². The topological polar surface area (TPSA) is 55.4 Å². The summed E-state index contributed by atoms with van der Waals surface area (Å²) in [5.41, 5.74) is 0.447. The van der Waals surface area contributed by atoms with Crippen molar-refractivity contribution in [3.63, 3.8) is 0 Å². The van der Waals surface area contributed by atoms with Gasteiger partial charge in [-0.2, -0.15) is 0 Å². The smallest absolute Gasteiger partial charge is 0.412 e. The highest BCUT2D eigenvalue weighted by Crippen LogP contribution is 2.24. The van der Waals surface area contributed by atoms with Gasteiger partial charge in [-0.05, 0) is 25.1 Å². The van der Waals surface area contributed by atoms with E-state index in [2.05, 4.69) is 10.1 Å². The molecule has 0 aliphatic rings. The molecule has 1 N–H and O–H groups in total. The van der Waals surface area contributed by atoms with Crippen LogP contribution in [0.3, 0.4) is 0 Å². The number of carbonyl (C=O) groups is 2. The highest BCUT2D eigenvalue weighted by Gasteiger charge is 2.06. The van der Waals surface area contributed by atoms with Gasteiger partial charge in [0.1, 0.15) is 0 Å². The van der Waals surface area contributed by atoms with Gasteiger partial charge in [-0.1, -0.05) is 23.2 Å². The molecule has 16 heavy (non-hydrogen) atoms. The summed E-state index contributed by atoms with van der Waals surface area (Å²) in [5, 5.41) is 3.13. The lowest BCUT2D eigenvalue weighted by molar-refractivity contribution is -0.119. The first kappa shape index (κ1) is 12.8. The van der Waals surface area contributed by atoms with E-state index in [-0.39, 0.29) is 12.4 Å². The van der Waals surface area contributed by atoms with E-state index in [0.717, 1.165) is 0 Å². The second kappa shape index (κ2) is 5.72. The van der Waals surface area contributed by atoms with E-state index in [1.54, 1.807) is 12.1 Å². The van der Waals surface area contributed by atoms with Crippen LogP contribution < -0.4 is 5.32 Å². The average Bonchev–Trinajstić information content (AvgIpc) is 2.21. The third-order valence-corrected chi connectivity index (χ3v) is 2.31. The molecule has 0 aliphatic carbocycles. The number of ketones is 1. The largest absolute Gasteiger partial charge is 0.441 e. The Hall–Kier alpha value is -1.26. The van der Waals surface area contributed by atoms with E-state index in [4.69, 9.17) is 23.2 Å². The van der Waals surface area contributed by atoms with Crippen molar-refractivity contribution in [2.24, 2.45) is 0 Å². The van der Waals surface area contributed by atoms with Gasteiger partial charge >= 0.3 is 6.09 Å². The molecule has 0 heterocycles. The number of hydrogen-bond donors (Lipinski definition) is 1. The molecule has 0 saturated carbocycles. The molecule has 1 aromatic rings. The highest BCUT2D eigenvalue weighted by atomic mass is 35.5. The van der Waals surface area contributed by atoms with Gasteiger partial charge in [0.15, 0.2) is 12.4 Å². The Morgan fingerprint density at radius 1 is 1.31 bits per heavy atom. The number of amides is 1. The SMILES string of the molecule is CC(=O)COC(=O)Nc1ccc(Cl)c(Cl)c1. The quantitative estimate of drug-likeness (QED) is 0.910. The van der Waals surface area contributed by atoms with Crippen molar-refractivity contribution >= 4 is 40.8 Å². The van der Waals surface area contributed by atoms with E-state index < -0.39 is 6.09 Å². The highest BCUT2D eigenvalue weighted by molar-refractivity contribution is 6.42. The van der Waals surface area contributed by atoms with Gasteiger partial charge in [-0.15, -0.1) is 0 Å². The molecule has 0 fully saturated rings. The van der Waals surface area contributed by atoms with Crippen molar-refractivity contribution in [2.45, 2.75) is 6.92 Å². The van der Waals surface area contributed by atoms with Gasteiger partial charge < -0.3 is 4.74 Å². The second-order valence-corrected chi connectivity index (χ2v) is 3.85. The Morgan fingerprint density at radius 2 is 2.00 bits per heavy atom. The maximum atomic E-state index is 11.2. The van der Waals surface area contributed by atoms with Crippen LogP contribution in [0.15, 0.2) is 18.2 Å². The van der Waals surface area contributed by atoms with Crippen molar-refractivity contribution in [3.8, 4) is 0 Å². The molecule has 86 valence electrons. The first-order valence-electron chi connectivity index (χ1n) is 4.37. The number of rotatable bonds is 3. The maximum Gasteiger partial charge on any atom is 0.412 e. The molecule has 0 bridgehead atoms. The maximum absolute atomic E-state index is 11.2. The first-order chi connectivity index (χ1) is 7.49. The van der Waals surface area contributed by atoms with Crippen LogP contribution in [0.25, 0.3) is 0 Å². The summed E-state index contributed by atoms with van der Waals surface area (Å²) in [6.07, 6.45) is -0.714. The lowest BCUT2D eigenvalue weighted by Crippen LogP contribution is -2.17. The molecule has 4 nitrogen and oxygen atoms in total. The third kappa shape index (κ3) is 4.08. The molecule has 0 saturated heterocycles. The molecular formula is C10H9Cl2NO3. The fraction of sp³-hybridized carbons (Fsp3) is 0.200. The van der Waals surface area contributed by atoms with Crippen LogP contribution in [0.1, 0.15) is 6.92 Å². The Morgan fingerprint density at radius 3 is 2.56 bits per heavy atom. The number of nitrogens with one attached hydrogen (secondary N) is 1. The van der Waals surface area contributed by atoms with E-state index in [1.165, 1.54) is 13.0 Å². The van der Waals surface area contributed by atoms with Gasteiger partial charge in [-0.3, -0.25) is 10.1 Å². The van der Waals surface area contributed by atoms with Crippen LogP contribution in [0.4, 0.5) is 10.5 Å². The summed E-state index contributed by atoms with van der Waals surface area (Å²) in [4.78, 5) is 21.7. The molecular weight excluding hydrogens is 253 g/mol. The zero-order valence-corrected chi connectivity index (χ0v) is 9.93. The predicted molar refractivity (Wildman–Crippen MR) is 62.1 cm³/mol. The summed E-state index contributed by atoms with van der Waals surface area (Å²) >= 11 is 11.4. The molecule has 1 aromatic carbocycles. The van der Waals surface area contributed by atoms with E-state index in [1.807, 2.05) is 0 Å². The summed E-state index contributed by atoms with van der Waals surface area (Å²) in [6, 6.07) is 4.60. The van der Waals surface area contributed by atoms with Crippen LogP contribution in [-0.4, -0.2) is 18.5 Å². The van der Waals surface area contributed by atoms with Crippen molar-refractivity contribution in [1.82, 2.24) is 0 Å². The summed E-state index contributed by atoms with van der Waals surface area (Å²) in [6.45, 7) is 1.07. The van der Waals surface area contributed by atoms with E-state index in [9.17, 15) is 9.59 Å². The zero-order chi connectivity index (χ0) is 12.1. The Kier molecular flexibility index (Phi) is 4.58. The molecule has 6 heteroatoms. The minimum absolute atomic E-state index is 0.232. The number of hydrogen-bond acceptors (Lipinski definition) is 3. The number of Topliss-reactive ketones (excluding diaryl/α,β-unsaturated/α-hetero) is 1. The summed E-state index contributed by atoms with van der Waals surface area (Å²) in [5.74, 6) is -0.232. The number of carbonyl (C=O) groups excluding carboxylic acids is 2. The predicted octanol–water partition coefficient (Wildman–Crippen LogP) is 3.13. The van der Waals surface area contributed by atoms with E-state index >= 15 is 0 Å². The van der Waals surface area contributed by atoms with Crippen LogP contribution in [0.5, 0.6) is 0 Å². The molecule has 0 radical (unpaired) electrons. The molecule has 0 spiro atoms. The molecule has 0 aromatic heterocycles. The fourth-order valence-corrected chi connectivity index (χ4v) is 1.19. The van der Waals surface area contributed by atoms with E-state index in [0.29, 0.717) is 15.7 Å². The zero-order valence-electron chi connectivity index (χ0n) is 8.42. The second-order valence-electron chi connectivity index (χ2n) is 3.03. The van der Waals surface area contributed by atoms with Crippen molar-refractivity contribution in [1.29, 1.82) is 0 Å². The standard InChI is InChI=1S/C10H9Cl2NO3/c1-6(14)5-16-10(15)13-7-2-3-8(11)9(12)4-7/h2-4H,5H2,1H3,(H,13,15). The van der Waals surface area contributed by atoms with Gasteiger partial charge in [0.25, 0.3) is 0 Å². The van der Waals surface area contributed by atoms with Crippen LogP contribution in [0, 0.1) is 0 Å². The van der Waals surface area contributed by atoms with Crippen LogP contribution in [0.2, 0.25) is 10.0 Å². The summed E-state index contributed by atoms with van der Waals surface area (Å²) in [7, 11) is 0. The van der Waals surface area contributed by atoms with Gasteiger partial charge in [0.2, 0.25) is 0 Å². The van der Waals surface area contributed by atoms with Gasteiger partial charge in [-0.25, -0.2) is 4.79 Å². The first-order valence-corrected chi connectivity index (χ1v) is 5.13. The fourth-order valence-electron chi connectivity index (χ4n) is 0.895. The molecule has 0 unspecified atom stereocenters. The molecule has 1 rings (SSSR count). The number of anilines is 1. The normalized spacial score (nSPS) is 9.69. The third-order valence-electron chi connectivity index (χ3n) is 1.57. The number of halogens is 2. The van der Waals surface area contributed by atoms with Crippen molar-refractivity contribution < 1.29 is 14.3 Å². The molecule has 1 amide bonds.